The Labute approximate surface area is 171 Å². The molecule has 1 aliphatic carbocycles. The summed E-state index contributed by atoms with van der Waals surface area (Å²) in [4.78, 5) is 4.38. The Kier molecular flexibility index (Phi) is 5.71. The molecule has 1 aliphatic heterocycles. The zero-order chi connectivity index (χ0) is 17.4. The molecule has 2 N–H and O–H groups in total. The summed E-state index contributed by atoms with van der Waals surface area (Å²) in [5.41, 5.74) is 1.02. The van der Waals surface area contributed by atoms with E-state index in [2.05, 4.69) is 39.7 Å². The molecule has 0 radical (unpaired) electrons. The average molecular weight is 470 g/mol. The van der Waals surface area contributed by atoms with Crippen LogP contribution in [0.1, 0.15) is 26.1 Å². The van der Waals surface area contributed by atoms with E-state index in [1.807, 2.05) is 35.8 Å². The van der Waals surface area contributed by atoms with E-state index in [-0.39, 0.29) is 29.4 Å². The van der Waals surface area contributed by atoms with Crippen LogP contribution in [0, 0.1) is 11.3 Å². The molecule has 2 aromatic heterocycles. The van der Waals surface area contributed by atoms with Crippen LogP contribution >= 0.6 is 24.0 Å². The van der Waals surface area contributed by atoms with Crippen molar-refractivity contribution < 1.29 is 4.74 Å². The Hall–Kier alpha value is -1.42. The fraction of sp³-hybridized carbons (Fsp3) is 0.611. The summed E-state index contributed by atoms with van der Waals surface area (Å²) in [6.45, 7) is 6.18. The minimum Gasteiger partial charge on any atom is -0.377 e. The first-order chi connectivity index (χ1) is 12.1. The number of pyridine rings is 1. The van der Waals surface area contributed by atoms with Crippen LogP contribution in [0.4, 0.5) is 0 Å². The lowest BCUT2D eigenvalue weighted by molar-refractivity contribution is -0.106. The van der Waals surface area contributed by atoms with Gasteiger partial charge in [0, 0.05) is 50.2 Å². The van der Waals surface area contributed by atoms with Crippen LogP contribution in [-0.2, 0) is 11.2 Å². The number of fused-ring (bicyclic) bond motifs is 2. The molecular formula is C18H27IN6O. The molecule has 26 heavy (non-hydrogen) atoms. The van der Waals surface area contributed by atoms with Gasteiger partial charge in [-0.3, -0.25) is 9.39 Å². The zero-order valence-corrected chi connectivity index (χ0v) is 17.8. The van der Waals surface area contributed by atoms with E-state index in [9.17, 15) is 0 Å². The molecule has 3 atom stereocenters. The third-order valence-corrected chi connectivity index (χ3v) is 5.64. The smallest absolute Gasteiger partial charge is 0.191 e. The maximum atomic E-state index is 5.87. The highest BCUT2D eigenvalue weighted by Gasteiger charge is 2.59. The molecule has 3 unspecified atom stereocenters. The van der Waals surface area contributed by atoms with Crippen LogP contribution < -0.4 is 10.6 Å². The topological polar surface area (TPSA) is 75.8 Å². The monoisotopic (exact) mass is 470 g/mol. The van der Waals surface area contributed by atoms with Gasteiger partial charge < -0.3 is 15.4 Å². The van der Waals surface area contributed by atoms with E-state index in [0.717, 1.165) is 43.4 Å². The van der Waals surface area contributed by atoms with Gasteiger partial charge in [0.15, 0.2) is 11.6 Å². The van der Waals surface area contributed by atoms with Crippen molar-refractivity contribution in [2.75, 3.05) is 20.2 Å². The Morgan fingerprint density at radius 2 is 2.23 bits per heavy atom. The van der Waals surface area contributed by atoms with E-state index in [4.69, 9.17) is 4.74 Å². The van der Waals surface area contributed by atoms with E-state index in [1.54, 1.807) is 0 Å². The van der Waals surface area contributed by atoms with Gasteiger partial charge in [-0.05, 0) is 18.6 Å². The van der Waals surface area contributed by atoms with Crippen LogP contribution in [0.25, 0.3) is 5.65 Å². The third kappa shape index (κ3) is 3.28. The Balaban J connectivity index is 0.00000196. The summed E-state index contributed by atoms with van der Waals surface area (Å²) < 4.78 is 7.89. The maximum Gasteiger partial charge on any atom is 0.191 e. The number of hydrogen-bond donors (Lipinski definition) is 2. The van der Waals surface area contributed by atoms with Crippen LogP contribution in [-0.4, -0.2) is 52.9 Å². The van der Waals surface area contributed by atoms with E-state index in [0.29, 0.717) is 18.1 Å². The fourth-order valence-corrected chi connectivity index (χ4v) is 4.31. The van der Waals surface area contributed by atoms with Crippen molar-refractivity contribution in [3.05, 3.63) is 30.2 Å². The second-order valence-electron chi connectivity index (χ2n) is 7.48. The van der Waals surface area contributed by atoms with Gasteiger partial charge in [-0.25, -0.2) is 0 Å². The summed E-state index contributed by atoms with van der Waals surface area (Å²) in [5, 5.41) is 15.5. The quantitative estimate of drug-likeness (QED) is 0.406. The summed E-state index contributed by atoms with van der Waals surface area (Å²) in [6, 6.07) is 6.33. The molecule has 2 fully saturated rings. The number of aliphatic imine (C=N–C) groups is 1. The van der Waals surface area contributed by atoms with Crippen LogP contribution in [0.2, 0.25) is 0 Å². The Morgan fingerprint density at radius 3 is 3.04 bits per heavy atom. The van der Waals surface area contributed by atoms with Gasteiger partial charge in [-0.2, -0.15) is 0 Å². The van der Waals surface area contributed by atoms with E-state index < -0.39 is 0 Å². The second kappa shape index (κ2) is 7.67. The number of halogens is 1. The van der Waals surface area contributed by atoms with Crippen molar-refractivity contribution in [2.45, 2.75) is 38.8 Å². The molecule has 3 heterocycles. The van der Waals surface area contributed by atoms with Crippen molar-refractivity contribution in [3.63, 3.8) is 0 Å². The van der Waals surface area contributed by atoms with Gasteiger partial charge in [-0.15, -0.1) is 34.2 Å². The molecule has 0 aromatic carbocycles. The first kappa shape index (κ1) is 19.3. The highest BCUT2D eigenvalue weighted by Crippen LogP contribution is 2.52. The largest absolute Gasteiger partial charge is 0.377 e. The number of rotatable bonds is 4. The second-order valence-corrected chi connectivity index (χ2v) is 7.48. The van der Waals surface area contributed by atoms with Crippen molar-refractivity contribution >= 4 is 35.6 Å². The third-order valence-electron chi connectivity index (χ3n) is 5.64. The van der Waals surface area contributed by atoms with Gasteiger partial charge in [0.25, 0.3) is 0 Å². The molecule has 2 aliphatic rings. The van der Waals surface area contributed by atoms with Gasteiger partial charge in [0.1, 0.15) is 5.82 Å². The van der Waals surface area contributed by atoms with Gasteiger partial charge in [0.2, 0.25) is 0 Å². The zero-order valence-electron chi connectivity index (χ0n) is 15.5. The first-order valence-corrected chi connectivity index (χ1v) is 8.98. The summed E-state index contributed by atoms with van der Waals surface area (Å²) in [7, 11) is 1.82. The fourth-order valence-electron chi connectivity index (χ4n) is 4.31. The van der Waals surface area contributed by atoms with Gasteiger partial charge in [-0.1, -0.05) is 19.9 Å². The predicted molar refractivity (Wildman–Crippen MR) is 112 cm³/mol. The predicted octanol–water partition coefficient (Wildman–Crippen LogP) is 1.87. The van der Waals surface area contributed by atoms with Gasteiger partial charge >= 0.3 is 0 Å². The highest BCUT2D eigenvalue weighted by molar-refractivity contribution is 14.0. The molecule has 142 valence electrons. The van der Waals surface area contributed by atoms with Crippen molar-refractivity contribution in [2.24, 2.45) is 16.3 Å². The lowest BCUT2D eigenvalue weighted by Crippen LogP contribution is -2.68. The minimum absolute atomic E-state index is 0. The molecule has 1 saturated heterocycles. The van der Waals surface area contributed by atoms with Crippen molar-refractivity contribution in [3.8, 4) is 0 Å². The molecule has 0 amide bonds. The molecule has 4 rings (SSSR count). The van der Waals surface area contributed by atoms with Crippen molar-refractivity contribution in [1.82, 2.24) is 25.2 Å². The lowest BCUT2D eigenvalue weighted by atomic mass is 9.57. The van der Waals surface area contributed by atoms with Crippen molar-refractivity contribution in [1.29, 1.82) is 0 Å². The maximum absolute atomic E-state index is 5.87. The van der Waals surface area contributed by atoms with Crippen LogP contribution in [0.3, 0.4) is 0 Å². The van der Waals surface area contributed by atoms with E-state index in [1.165, 1.54) is 0 Å². The standard InChI is InChI=1S/C18H26N6O.HI/c1-18(2)15(12-8-11-25-16(12)18)21-17(19-3)20-9-7-14-23-22-13-6-4-5-10-24(13)14;/h4-6,10,12,15-16H,7-9,11H2,1-3H3,(H2,19,20,21);1H. The summed E-state index contributed by atoms with van der Waals surface area (Å²) in [6.07, 6.45) is 4.30. The Bertz CT molecular complexity index is 789. The molecule has 8 heteroatoms. The highest BCUT2D eigenvalue weighted by atomic mass is 127. The van der Waals surface area contributed by atoms with Gasteiger partial charge in [0.05, 0.1) is 6.10 Å². The number of aromatic nitrogens is 3. The summed E-state index contributed by atoms with van der Waals surface area (Å²) >= 11 is 0. The molecule has 2 aromatic rings. The minimum atomic E-state index is 0. The number of hydrogen-bond acceptors (Lipinski definition) is 4. The van der Waals surface area contributed by atoms with Crippen LogP contribution in [0.5, 0.6) is 0 Å². The summed E-state index contributed by atoms with van der Waals surface area (Å²) in [5.74, 6) is 2.39. The SMILES string of the molecule is CN=C(NCCc1nnc2ccccn12)NC1C2CCOC2C1(C)C.I. The first-order valence-electron chi connectivity index (χ1n) is 8.98. The number of nitrogens with one attached hydrogen (secondary N) is 2. The van der Waals surface area contributed by atoms with E-state index >= 15 is 0 Å². The molecular weight excluding hydrogens is 443 g/mol. The Morgan fingerprint density at radius 1 is 1.38 bits per heavy atom. The van der Waals surface area contributed by atoms with Crippen LogP contribution in [0.15, 0.2) is 29.4 Å². The lowest BCUT2D eigenvalue weighted by Gasteiger charge is -2.54. The molecule has 7 nitrogen and oxygen atoms in total. The molecule has 0 bridgehead atoms. The number of ether oxygens (including phenoxy) is 1. The number of guanidine groups is 1. The normalized spacial score (nSPS) is 26.7. The number of nitrogens with zero attached hydrogens (tertiary/aromatic N) is 4. The molecule has 0 spiro atoms. The molecule has 1 saturated carbocycles. The average Bonchev–Trinajstić information content (AvgIpc) is 3.24.